The molecular weight excluding hydrogens is 246 g/mol. The summed E-state index contributed by atoms with van der Waals surface area (Å²) < 4.78 is 5.61. The fraction of sp³-hybridized carbons (Fsp3) is 0.667. The summed E-state index contributed by atoms with van der Waals surface area (Å²) >= 11 is 0. The standard InChI is InChI=1S/C18H29NO/c1-14(2)13-20-11-10-19-15(3)17-9-8-16-6-4-5-7-18(16)12-17/h8-9,12,14-15,19H,4-7,10-11,13H2,1-3H3. The molecule has 112 valence electrons. The zero-order valence-electron chi connectivity index (χ0n) is 13.2. The van der Waals surface area contributed by atoms with Gasteiger partial charge in [0.05, 0.1) is 6.61 Å². The quantitative estimate of drug-likeness (QED) is 0.762. The Morgan fingerprint density at radius 1 is 1.10 bits per heavy atom. The number of ether oxygens (including phenoxy) is 1. The highest BCUT2D eigenvalue weighted by molar-refractivity contribution is 5.35. The highest BCUT2D eigenvalue weighted by atomic mass is 16.5. The lowest BCUT2D eigenvalue weighted by Gasteiger charge is -2.20. The van der Waals surface area contributed by atoms with Crippen molar-refractivity contribution in [3.05, 3.63) is 34.9 Å². The van der Waals surface area contributed by atoms with Crippen molar-refractivity contribution in [1.82, 2.24) is 5.32 Å². The molecule has 0 saturated carbocycles. The van der Waals surface area contributed by atoms with Crippen LogP contribution < -0.4 is 5.32 Å². The second kappa shape index (κ2) is 7.80. The van der Waals surface area contributed by atoms with E-state index in [-0.39, 0.29) is 0 Å². The Morgan fingerprint density at radius 2 is 1.85 bits per heavy atom. The van der Waals surface area contributed by atoms with E-state index in [0.717, 1.165) is 19.8 Å². The Labute approximate surface area is 123 Å². The molecule has 20 heavy (non-hydrogen) atoms. The molecule has 0 spiro atoms. The van der Waals surface area contributed by atoms with Gasteiger partial charge in [-0.25, -0.2) is 0 Å². The van der Waals surface area contributed by atoms with Gasteiger partial charge in [0.25, 0.3) is 0 Å². The molecule has 2 heteroatoms. The van der Waals surface area contributed by atoms with Gasteiger partial charge in [-0.05, 0) is 55.2 Å². The van der Waals surface area contributed by atoms with Gasteiger partial charge in [-0.2, -0.15) is 0 Å². The van der Waals surface area contributed by atoms with E-state index in [1.165, 1.54) is 31.2 Å². The van der Waals surface area contributed by atoms with E-state index in [2.05, 4.69) is 44.3 Å². The molecule has 1 N–H and O–H groups in total. The van der Waals surface area contributed by atoms with Crippen molar-refractivity contribution in [3.63, 3.8) is 0 Å². The molecule has 1 aromatic carbocycles. The van der Waals surface area contributed by atoms with E-state index < -0.39 is 0 Å². The molecule has 0 saturated heterocycles. The second-order valence-corrected chi connectivity index (χ2v) is 6.38. The van der Waals surface area contributed by atoms with Gasteiger partial charge in [0.2, 0.25) is 0 Å². The first-order chi connectivity index (χ1) is 9.66. The maximum Gasteiger partial charge on any atom is 0.0591 e. The first-order valence-electron chi connectivity index (χ1n) is 8.09. The SMILES string of the molecule is CC(C)COCCNC(C)c1ccc2c(c1)CCCC2. The third-order valence-corrected chi connectivity index (χ3v) is 4.02. The predicted octanol–water partition coefficient (Wildman–Crippen LogP) is 3.89. The second-order valence-electron chi connectivity index (χ2n) is 6.38. The molecule has 0 bridgehead atoms. The van der Waals surface area contributed by atoms with Crippen LogP contribution in [0, 0.1) is 5.92 Å². The van der Waals surface area contributed by atoms with Crippen molar-refractivity contribution in [1.29, 1.82) is 0 Å². The fourth-order valence-electron chi connectivity index (χ4n) is 2.81. The van der Waals surface area contributed by atoms with Crippen LogP contribution in [0.5, 0.6) is 0 Å². The first-order valence-corrected chi connectivity index (χ1v) is 8.09. The smallest absolute Gasteiger partial charge is 0.0591 e. The highest BCUT2D eigenvalue weighted by Crippen LogP contribution is 2.24. The van der Waals surface area contributed by atoms with E-state index in [1.54, 1.807) is 11.1 Å². The van der Waals surface area contributed by atoms with E-state index in [1.807, 2.05) is 0 Å². The molecule has 0 fully saturated rings. The van der Waals surface area contributed by atoms with Crippen molar-refractivity contribution < 1.29 is 4.74 Å². The maximum atomic E-state index is 5.61. The lowest BCUT2D eigenvalue weighted by molar-refractivity contribution is 0.110. The number of nitrogens with one attached hydrogen (secondary N) is 1. The van der Waals surface area contributed by atoms with Crippen LogP contribution in [0.1, 0.15) is 56.3 Å². The molecule has 1 unspecified atom stereocenters. The molecule has 0 aliphatic heterocycles. The Morgan fingerprint density at radius 3 is 2.60 bits per heavy atom. The van der Waals surface area contributed by atoms with Gasteiger partial charge in [0.1, 0.15) is 0 Å². The highest BCUT2D eigenvalue weighted by Gasteiger charge is 2.12. The molecule has 1 aliphatic carbocycles. The van der Waals surface area contributed by atoms with Gasteiger partial charge in [0, 0.05) is 19.2 Å². The third-order valence-electron chi connectivity index (χ3n) is 4.02. The number of hydrogen-bond donors (Lipinski definition) is 1. The van der Waals surface area contributed by atoms with Crippen LogP contribution in [-0.2, 0) is 17.6 Å². The molecule has 2 rings (SSSR count). The van der Waals surface area contributed by atoms with Crippen molar-refractivity contribution >= 4 is 0 Å². The number of hydrogen-bond acceptors (Lipinski definition) is 2. The normalized spacial score (nSPS) is 16.2. The number of aryl methyl sites for hydroxylation is 2. The average molecular weight is 275 g/mol. The lowest BCUT2D eigenvalue weighted by atomic mass is 9.89. The Bertz CT molecular complexity index is 414. The van der Waals surface area contributed by atoms with Crippen LogP contribution in [0.2, 0.25) is 0 Å². The van der Waals surface area contributed by atoms with Crippen molar-refractivity contribution in [2.75, 3.05) is 19.8 Å². The fourth-order valence-corrected chi connectivity index (χ4v) is 2.81. The monoisotopic (exact) mass is 275 g/mol. The molecule has 0 heterocycles. The lowest BCUT2D eigenvalue weighted by Crippen LogP contribution is -2.24. The van der Waals surface area contributed by atoms with Gasteiger partial charge in [-0.15, -0.1) is 0 Å². The minimum atomic E-state index is 0.407. The summed E-state index contributed by atoms with van der Waals surface area (Å²) in [6, 6.07) is 7.43. The summed E-state index contributed by atoms with van der Waals surface area (Å²) in [6.07, 6.45) is 5.22. The Hall–Kier alpha value is -0.860. The zero-order chi connectivity index (χ0) is 14.4. The minimum Gasteiger partial charge on any atom is -0.380 e. The van der Waals surface area contributed by atoms with Gasteiger partial charge < -0.3 is 10.1 Å². The van der Waals surface area contributed by atoms with E-state index in [9.17, 15) is 0 Å². The minimum absolute atomic E-state index is 0.407. The molecule has 1 atom stereocenters. The third kappa shape index (κ3) is 4.60. The zero-order valence-corrected chi connectivity index (χ0v) is 13.2. The van der Waals surface area contributed by atoms with Crippen molar-refractivity contribution in [3.8, 4) is 0 Å². The summed E-state index contributed by atoms with van der Waals surface area (Å²) in [4.78, 5) is 0. The average Bonchev–Trinajstić information content (AvgIpc) is 2.46. The molecule has 0 amide bonds. The van der Waals surface area contributed by atoms with Crippen LogP contribution >= 0.6 is 0 Å². The van der Waals surface area contributed by atoms with E-state index in [0.29, 0.717) is 12.0 Å². The largest absolute Gasteiger partial charge is 0.380 e. The molecule has 0 aromatic heterocycles. The Kier molecular flexibility index (Phi) is 6.06. The van der Waals surface area contributed by atoms with Crippen LogP contribution in [0.15, 0.2) is 18.2 Å². The summed E-state index contributed by atoms with van der Waals surface area (Å²) in [7, 11) is 0. The van der Waals surface area contributed by atoms with Crippen LogP contribution in [0.4, 0.5) is 0 Å². The predicted molar refractivity (Wildman–Crippen MR) is 85.2 cm³/mol. The molecular formula is C18H29NO. The summed E-state index contributed by atoms with van der Waals surface area (Å²) in [5.74, 6) is 0.619. The molecule has 0 radical (unpaired) electrons. The number of rotatable bonds is 7. The summed E-state index contributed by atoms with van der Waals surface area (Å²) in [5.41, 5.74) is 4.54. The Balaban J connectivity index is 1.79. The van der Waals surface area contributed by atoms with Crippen LogP contribution in [0.25, 0.3) is 0 Å². The van der Waals surface area contributed by atoms with E-state index >= 15 is 0 Å². The first kappa shape index (κ1) is 15.5. The summed E-state index contributed by atoms with van der Waals surface area (Å²) in [5, 5.41) is 3.55. The maximum absolute atomic E-state index is 5.61. The van der Waals surface area contributed by atoms with Gasteiger partial charge in [0.15, 0.2) is 0 Å². The van der Waals surface area contributed by atoms with E-state index in [4.69, 9.17) is 4.74 Å². The molecule has 2 nitrogen and oxygen atoms in total. The van der Waals surface area contributed by atoms with Crippen molar-refractivity contribution in [2.45, 2.75) is 52.5 Å². The topological polar surface area (TPSA) is 21.3 Å². The van der Waals surface area contributed by atoms with Crippen LogP contribution in [0.3, 0.4) is 0 Å². The van der Waals surface area contributed by atoms with Crippen LogP contribution in [-0.4, -0.2) is 19.8 Å². The van der Waals surface area contributed by atoms with Gasteiger partial charge >= 0.3 is 0 Å². The molecule has 1 aromatic rings. The summed E-state index contributed by atoms with van der Waals surface area (Å²) in [6.45, 7) is 9.19. The number of benzene rings is 1. The molecule has 1 aliphatic rings. The van der Waals surface area contributed by atoms with Crippen molar-refractivity contribution in [2.24, 2.45) is 5.92 Å². The van der Waals surface area contributed by atoms with Gasteiger partial charge in [-0.1, -0.05) is 32.0 Å². The van der Waals surface area contributed by atoms with Gasteiger partial charge in [-0.3, -0.25) is 0 Å². The number of fused-ring (bicyclic) bond motifs is 1.